The lowest BCUT2D eigenvalue weighted by Crippen LogP contribution is -2.29. The molecule has 1 fully saturated rings. The number of aromatic nitrogens is 1. The molecule has 0 aromatic carbocycles. The van der Waals surface area contributed by atoms with E-state index in [2.05, 4.69) is 22.1 Å². The molecule has 0 bridgehead atoms. The molecule has 0 unspecified atom stereocenters. The van der Waals surface area contributed by atoms with Crippen LogP contribution in [0.15, 0.2) is 18.3 Å². The molecule has 1 N–H and O–H groups in total. The fourth-order valence-electron chi connectivity index (χ4n) is 2.75. The zero-order valence-corrected chi connectivity index (χ0v) is 13.3. The van der Waals surface area contributed by atoms with Crippen LogP contribution < -0.4 is 5.32 Å². The topological polar surface area (TPSA) is 54.5 Å². The number of nitrogens with one attached hydrogen (secondary N) is 1. The molecule has 1 atom stereocenters. The summed E-state index contributed by atoms with van der Waals surface area (Å²) in [6.45, 7) is 9.81. The van der Waals surface area contributed by atoms with E-state index in [0.29, 0.717) is 11.9 Å². The number of nitrogens with zero attached hydrogens (tertiary/aromatic N) is 2. The maximum absolute atomic E-state index is 12.0. The van der Waals surface area contributed by atoms with Gasteiger partial charge >= 0.3 is 6.09 Å². The molecule has 2 rings (SSSR count). The number of ether oxygens (including phenoxy) is 1. The first-order chi connectivity index (χ1) is 9.90. The maximum Gasteiger partial charge on any atom is 0.413 e. The molecule has 0 spiro atoms. The molecule has 1 aromatic rings. The second-order valence-corrected chi connectivity index (χ2v) is 6.35. The highest BCUT2D eigenvalue weighted by molar-refractivity contribution is 5.84. The van der Waals surface area contributed by atoms with Gasteiger partial charge < -0.3 is 4.74 Å². The number of pyridine rings is 1. The van der Waals surface area contributed by atoms with Crippen LogP contribution in [0.2, 0.25) is 0 Å². The smallest absolute Gasteiger partial charge is 0.413 e. The predicted molar refractivity (Wildman–Crippen MR) is 83.3 cm³/mol. The second-order valence-electron chi connectivity index (χ2n) is 6.35. The highest BCUT2D eigenvalue weighted by Gasteiger charge is 2.28. The van der Waals surface area contributed by atoms with Gasteiger partial charge in [-0.1, -0.05) is 13.0 Å². The summed E-state index contributed by atoms with van der Waals surface area (Å²) in [5.74, 6) is 0.608. The normalized spacial score (nSPS) is 19.5. The molecule has 1 aliphatic rings. The van der Waals surface area contributed by atoms with Gasteiger partial charge in [-0.2, -0.15) is 0 Å². The van der Waals surface area contributed by atoms with Crippen LogP contribution in [0.5, 0.6) is 0 Å². The number of hydrogen-bond acceptors (Lipinski definition) is 4. The fraction of sp³-hybridized carbons (Fsp3) is 0.625. The van der Waals surface area contributed by atoms with Crippen LogP contribution in [0.25, 0.3) is 0 Å². The molecular weight excluding hydrogens is 266 g/mol. The van der Waals surface area contributed by atoms with Gasteiger partial charge in [-0.25, -0.2) is 9.78 Å². The Kier molecular flexibility index (Phi) is 4.83. The molecule has 1 saturated heterocycles. The Labute approximate surface area is 126 Å². The Morgan fingerprint density at radius 2 is 2.29 bits per heavy atom. The van der Waals surface area contributed by atoms with E-state index in [0.717, 1.165) is 25.1 Å². The van der Waals surface area contributed by atoms with Crippen LogP contribution in [0, 0.1) is 0 Å². The standard InChI is InChI=1S/C16H25N3O2/c1-5-19-11-7-9-13(19)12-8-6-10-17-14(12)18-15(20)21-16(2,3)4/h6,8,10,13H,5,7,9,11H2,1-4H3,(H,17,18,20)/t13-/m0/s1. The molecule has 21 heavy (non-hydrogen) atoms. The quantitative estimate of drug-likeness (QED) is 0.924. The molecule has 0 aliphatic carbocycles. The van der Waals surface area contributed by atoms with Gasteiger partial charge in [-0.15, -0.1) is 0 Å². The minimum absolute atomic E-state index is 0.327. The monoisotopic (exact) mass is 291 g/mol. The summed E-state index contributed by atoms with van der Waals surface area (Å²) < 4.78 is 5.31. The largest absolute Gasteiger partial charge is 0.444 e. The number of rotatable bonds is 3. The predicted octanol–water partition coefficient (Wildman–Crippen LogP) is 3.59. The van der Waals surface area contributed by atoms with Crippen molar-refractivity contribution >= 4 is 11.9 Å². The van der Waals surface area contributed by atoms with Crippen molar-refractivity contribution in [1.82, 2.24) is 9.88 Å². The Hall–Kier alpha value is -1.62. The lowest BCUT2D eigenvalue weighted by atomic mass is 10.1. The number of hydrogen-bond donors (Lipinski definition) is 1. The third-order valence-corrected chi connectivity index (χ3v) is 3.59. The average molecular weight is 291 g/mol. The van der Waals surface area contributed by atoms with E-state index in [-0.39, 0.29) is 0 Å². The Morgan fingerprint density at radius 3 is 2.95 bits per heavy atom. The molecule has 1 aliphatic heterocycles. The zero-order chi connectivity index (χ0) is 15.5. The van der Waals surface area contributed by atoms with Crippen molar-refractivity contribution in [3.8, 4) is 0 Å². The van der Waals surface area contributed by atoms with Crippen molar-refractivity contribution in [3.05, 3.63) is 23.9 Å². The van der Waals surface area contributed by atoms with Crippen molar-refractivity contribution in [2.45, 2.75) is 52.2 Å². The van der Waals surface area contributed by atoms with Gasteiger partial charge in [0.25, 0.3) is 0 Å². The Morgan fingerprint density at radius 1 is 1.52 bits per heavy atom. The van der Waals surface area contributed by atoms with Gasteiger partial charge in [0, 0.05) is 17.8 Å². The first-order valence-corrected chi connectivity index (χ1v) is 7.59. The molecule has 1 amide bonds. The van der Waals surface area contributed by atoms with Crippen LogP contribution in [0.1, 0.15) is 52.1 Å². The molecule has 0 saturated carbocycles. The van der Waals surface area contributed by atoms with Gasteiger partial charge in [0.1, 0.15) is 11.4 Å². The molecule has 116 valence electrons. The molecule has 5 heteroatoms. The molecule has 1 aromatic heterocycles. The highest BCUT2D eigenvalue weighted by atomic mass is 16.6. The summed E-state index contributed by atoms with van der Waals surface area (Å²) in [5, 5.41) is 2.79. The van der Waals surface area contributed by atoms with Crippen LogP contribution in [0.4, 0.5) is 10.6 Å². The van der Waals surface area contributed by atoms with Crippen LogP contribution in [-0.4, -0.2) is 34.7 Å². The summed E-state index contributed by atoms with van der Waals surface area (Å²) in [7, 11) is 0. The minimum Gasteiger partial charge on any atom is -0.444 e. The second kappa shape index (κ2) is 6.43. The van der Waals surface area contributed by atoms with Crippen LogP contribution in [0.3, 0.4) is 0 Å². The van der Waals surface area contributed by atoms with E-state index < -0.39 is 11.7 Å². The molecular formula is C16H25N3O2. The first-order valence-electron chi connectivity index (χ1n) is 7.59. The molecule has 5 nitrogen and oxygen atoms in total. The van der Waals surface area contributed by atoms with Gasteiger partial charge in [-0.3, -0.25) is 10.2 Å². The zero-order valence-electron chi connectivity index (χ0n) is 13.3. The molecule has 2 heterocycles. The third-order valence-electron chi connectivity index (χ3n) is 3.59. The van der Waals surface area contributed by atoms with Crippen molar-refractivity contribution in [1.29, 1.82) is 0 Å². The van der Waals surface area contributed by atoms with Crippen molar-refractivity contribution in [2.75, 3.05) is 18.4 Å². The van der Waals surface area contributed by atoms with Crippen molar-refractivity contribution < 1.29 is 9.53 Å². The van der Waals surface area contributed by atoms with E-state index in [4.69, 9.17) is 4.74 Å². The first kappa shape index (κ1) is 15.8. The number of likely N-dealkylation sites (tertiary alicyclic amines) is 1. The summed E-state index contributed by atoms with van der Waals surface area (Å²) >= 11 is 0. The van der Waals surface area contributed by atoms with Gasteiger partial charge in [0.15, 0.2) is 0 Å². The number of amides is 1. The van der Waals surface area contributed by atoms with E-state index in [1.54, 1.807) is 6.20 Å². The van der Waals surface area contributed by atoms with Gasteiger partial charge in [0.05, 0.1) is 0 Å². The van der Waals surface area contributed by atoms with E-state index >= 15 is 0 Å². The number of anilines is 1. The third kappa shape index (κ3) is 4.17. The molecule has 0 radical (unpaired) electrons. The lowest BCUT2D eigenvalue weighted by molar-refractivity contribution is 0.0635. The number of carbonyl (C=O) groups is 1. The summed E-state index contributed by atoms with van der Waals surface area (Å²) in [4.78, 5) is 18.7. The SMILES string of the molecule is CCN1CCC[C@H]1c1cccnc1NC(=O)OC(C)(C)C. The summed E-state index contributed by atoms with van der Waals surface area (Å²) in [6, 6.07) is 4.29. The summed E-state index contributed by atoms with van der Waals surface area (Å²) in [5.41, 5.74) is 0.560. The van der Waals surface area contributed by atoms with Crippen molar-refractivity contribution in [3.63, 3.8) is 0 Å². The van der Waals surface area contributed by atoms with Crippen LogP contribution in [-0.2, 0) is 4.74 Å². The number of carbonyl (C=O) groups excluding carboxylic acids is 1. The minimum atomic E-state index is -0.512. The lowest BCUT2D eigenvalue weighted by Gasteiger charge is -2.25. The Bertz CT molecular complexity index is 497. The summed E-state index contributed by atoms with van der Waals surface area (Å²) in [6.07, 6.45) is 3.52. The van der Waals surface area contributed by atoms with Crippen LogP contribution >= 0.6 is 0 Å². The van der Waals surface area contributed by atoms with Gasteiger partial charge in [-0.05, 0) is 52.8 Å². The van der Waals surface area contributed by atoms with Crippen molar-refractivity contribution in [2.24, 2.45) is 0 Å². The van der Waals surface area contributed by atoms with E-state index in [1.165, 1.54) is 6.42 Å². The average Bonchev–Trinajstić information content (AvgIpc) is 2.85. The van der Waals surface area contributed by atoms with Gasteiger partial charge in [0.2, 0.25) is 0 Å². The van der Waals surface area contributed by atoms with E-state index in [1.807, 2.05) is 32.9 Å². The Balaban J connectivity index is 2.15. The van der Waals surface area contributed by atoms with E-state index in [9.17, 15) is 4.79 Å². The maximum atomic E-state index is 12.0. The highest BCUT2D eigenvalue weighted by Crippen LogP contribution is 2.34. The fourth-order valence-corrected chi connectivity index (χ4v) is 2.75.